The van der Waals surface area contributed by atoms with Crippen LogP contribution in [0.2, 0.25) is 0 Å². The second kappa shape index (κ2) is 5.82. The summed E-state index contributed by atoms with van der Waals surface area (Å²) in [6.45, 7) is 2.57. The van der Waals surface area contributed by atoms with Gasteiger partial charge in [0.15, 0.2) is 0 Å². The molecule has 1 atom stereocenters. The average molecular weight is 252 g/mol. The van der Waals surface area contributed by atoms with E-state index in [1.54, 1.807) is 0 Å². The Hall–Kier alpha value is -1.62. The fourth-order valence-electron chi connectivity index (χ4n) is 2.13. The number of phenolic OH excluding ortho intramolecular Hbond substituents is 1. The molecule has 0 spiro atoms. The van der Waals surface area contributed by atoms with Crippen LogP contribution in [0.4, 0.5) is 4.39 Å². The lowest BCUT2D eigenvalue weighted by atomic mass is 10.1. The third-order valence-corrected chi connectivity index (χ3v) is 3.20. The molecule has 18 heavy (non-hydrogen) atoms. The zero-order chi connectivity index (χ0) is 13.0. The molecule has 1 amide bonds. The van der Waals surface area contributed by atoms with Crippen molar-refractivity contribution in [3.63, 3.8) is 0 Å². The summed E-state index contributed by atoms with van der Waals surface area (Å²) >= 11 is 0. The fourth-order valence-corrected chi connectivity index (χ4v) is 2.13. The van der Waals surface area contributed by atoms with E-state index < -0.39 is 11.7 Å². The number of hydrogen-bond donors (Lipinski definition) is 3. The molecule has 1 aromatic carbocycles. The molecule has 0 radical (unpaired) electrons. The van der Waals surface area contributed by atoms with Gasteiger partial charge in [-0.3, -0.25) is 4.79 Å². The van der Waals surface area contributed by atoms with Crippen LogP contribution in [0, 0.1) is 11.7 Å². The highest BCUT2D eigenvalue weighted by Gasteiger charge is 2.15. The molecule has 1 fully saturated rings. The molecule has 1 aromatic rings. The molecular weight excluding hydrogens is 235 g/mol. The molecule has 3 N–H and O–H groups in total. The van der Waals surface area contributed by atoms with Crippen LogP contribution in [-0.4, -0.2) is 30.6 Å². The topological polar surface area (TPSA) is 61.4 Å². The smallest absolute Gasteiger partial charge is 0.254 e. The van der Waals surface area contributed by atoms with Gasteiger partial charge in [0.1, 0.15) is 11.6 Å². The lowest BCUT2D eigenvalue weighted by Gasteiger charge is -2.09. The average Bonchev–Trinajstić information content (AvgIpc) is 2.81. The van der Waals surface area contributed by atoms with E-state index in [1.165, 1.54) is 12.1 Å². The minimum Gasteiger partial charge on any atom is -0.508 e. The van der Waals surface area contributed by atoms with Gasteiger partial charge in [-0.1, -0.05) is 0 Å². The van der Waals surface area contributed by atoms with Crippen LogP contribution >= 0.6 is 0 Å². The molecule has 1 saturated heterocycles. The van der Waals surface area contributed by atoms with Gasteiger partial charge < -0.3 is 15.7 Å². The number of benzene rings is 1. The third kappa shape index (κ3) is 3.20. The van der Waals surface area contributed by atoms with Gasteiger partial charge in [-0.15, -0.1) is 0 Å². The van der Waals surface area contributed by atoms with Crippen molar-refractivity contribution in [2.75, 3.05) is 19.6 Å². The van der Waals surface area contributed by atoms with Crippen molar-refractivity contribution in [3.8, 4) is 5.75 Å². The van der Waals surface area contributed by atoms with Crippen molar-refractivity contribution in [1.29, 1.82) is 0 Å². The van der Waals surface area contributed by atoms with Crippen molar-refractivity contribution >= 4 is 5.91 Å². The van der Waals surface area contributed by atoms with Crippen molar-refractivity contribution < 1.29 is 14.3 Å². The number of halogens is 1. The SMILES string of the molecule is O=C(NCCC1CCNC1)c1ccc(O)cc1F. The van der Waals surface area contributed by atoms with Gasteiger partial charge in [0.25, 0.3) is 5.91 Å². The van der Waals surface area contributed by atoms with E-state index in [0.717, 1.165) is 32.0 Å². The summed E-state index contributed by atoms with van der Waals surface area (Å²) < 4.78 is 13.4. The standard InChI is InChI=1S/C13H17FN2O2/c14-12-7-10(17)1-2-11(12)13(18)16-6-4-9-3-5-15-8-9/h1-2,7,9,15,17H,3-6,8H2,(H,16,18). The number of hydrogen-bond acceptors (Lipinski definition) is 3. The van der Waals surface area contributed by atoms with Crippen molar-refractivity contribution in [2.24, 2.45) is 5.92 Å². The summed E-state index contributed by atoms with van der Waals surface area (Å²) in [6.07, 6.45) is 2.03. The number of phenols is 1. The number of rotatable bonds is 4. The second-order valence-electron chi connectivity index (χ2n) is 4.57. The maximum absolute atomic E-state index is 13.4. The Morgan fingerprint density at radius 1 is 1.56 bits per heavy atom. The summed E-state index contributed by atoms with van der Waals surface area (Å²) in [4.78, 5) is 11.7. The highest BCUT2D eigenvalue weighted by Crippen LogP contribution is 2.15. The molecule has 5 heteroatoms. The highest BCUT2D eigenvalue weighted by atomic mass is 19.1. The number of carbonyl (C=O) groups excluding carboxylic acids is 1. The molecule has 1 aliphatic rings. The first-order valence-electron chi connectivity index (χ1n) is 6.14. The Balaban J connectivity index is 1.83. The Labute approximate surface area is 105 Å². The van der Waals surface area contributed by atoms with Crippen molar-refractivity contribution in [3.05, 3.63) is 29.6 Å². The van der Waals surface area contributed by atoms with E-state index in [4.69, 9.17) is 5.11 Å². The van der Waals surface area contributed by atoms with E-state index in [2.05, 4.69) is 10.6 Å². The van der Waals surface area contributed by atoms with E-state index in [1.807, 2.05) is 0 Å². The maximum atomic E-state index is 13.4. The van der Waals surface area contributed by atoms with Gasteiger partial charge in [0, 0.05) is 12.6 Å². The predicted molar refractivity (Wildman–Crippen MR) is 66.0 cm³/mol. The summed E-state index contributed by atoms with van der Waals surface area (Å²) in [5, 5.41) is 15.0. The summed E-state index contributed by atoms with van der Waals surface area (Å²) in [5.41, 5.74) is -0.0302. The molecule has 2 rings (SSSR count). The zero-order valence-corrected chi connectivity index (χ0v) is 10.1. The first-order chi connectivity index (χ1) is 8.66. The quantitative estimate of drug-likeness (QED) is 0.756. The number of amides is 1. The van der Waals surface area contributed by atoms with Crippen LogP contribution in [0.15, 0.2) is 18.2 Å². The van der Waals surface area contributed by atoms with Gasteiger partial charge >= 0.3 is 0 Å². The first kappa shape index (κ1) is 12.8. The summed E-state index contributed by atoms with van der Waals surface area (Å²) in [6, 6.07) is 3.53. The molecule has 0 aromatic heterocycles. The maximum Gasteiger partial charge on any atom is 0.254 e. The summed E-state index contributed by atoms with van der Waals surface area (Å²) in [7, 11) is 0. The normalized spacial score (nSPS) is 18.8. The van der Waals surface area contributed by atoms with Gasteiger partial charge in [-0.25, -0.2) is 4.39 Å². The third-order valence-electron chi connectivity index (χ3n) is 3.20. The molecule has 0 aliphatic carbocycles. The number of carbonyl (C=O) groups is 1. The van der Waals surface area contributed by atoms with Gasteiger partial charge in [-0.2, -0.15) is 0 Å². The van der Waals surface area contributed by atoms with E-state index in [0.29, 0.717) is 12.5 Å². The number of aromatic hydroxyl groups is 1. The zero-order valence-electron chi connectivity index (χ0n) is 10.1. The molecule has 98 valence electrons. The summed E-state index contributed by atoms with van der Waals surface area (Å²) in [5.74, 6) is -0.718. The van der Waals surface area contributed by atoms with Crippen LogP contribution in [0.5, 0.6) is 5.75 Å². The molecule has 0 saturated carbocycles. The van der Waals surface area contributed by atoms with E-state index >= 15 is 0 Å². The number of nitrogens with one attached hydrogen (secondary N) is 2. The molecule has 1 aliphatic heterocycles. The van der Waals surface area contributed by atoms with Crippen LogP contribution in [0.3, 0.4) is 0 Å². The Morgan fingerprint density at radius 2 is 2.39 bits per heavy atom. The van der Waals surface area contributed by atoms with Crippen LogP contribution in [-0.2, 0) is 0 Å². The first-order valence-corrected chi connectivity index (χ1v) is 6.14. The molecule has 4 nitrogen and oxygen atoms in total. The van der Waals surface area contributed by atoms with Gasteiger partial charge in [0.2, 0.25) is 0 Å². The van der Waals surface area contributed by atoms with Crippen molar-refractivity contribution in [2.45, 2.75) is 12.8 Å². The molecular formula is C13H17FN2O2. The van der Waals surface area contributed by atoms with Crippen LogP contribution in [0.1, 0.15) is 23.2 Å². The minimum absolute atomic E-state index is 0.0302. The fraction of sp³-hybridized carbons (Fsp3) is 0.462. The Morgan fingerprint density at radius 3 is 3.06 bits per heavy atom. The largest absolute Gasteiger partial charge is 0.508 e. The van der Waals surface area contributed by atoms with Gasteiger partial charge in [0.05, 0.1) is 5.56 Å². The highest BCUT2D eigenvalue weighted by molar-refractivity contribution is 5.94. The Bertz CT molecular complexity index is 431. The second-order valence-corrected chi connectivity index (χ2v) is 4.57. The lowest BCUT2D eigenvalue weighted by Crippen LogP contribution is -2.27. The Kier molecular flexibility index (Phi) is 4.15. The monoisotopic (exact) mass is 252 g/mol. The minimum atomic E-state index is -0.699. The van der Waals surface area contributed by atoms with Crippen molar-refractivity contribution in [1.82, 2.24) is 10.6 Å². The van der Waals surface area contributed by atoms with Crippen LogP contribution in [0.25, 0.3) is 0 Å². The molecule has 0 bridgehead atoms. The molecule has 1 heterocycles. The lowest BCUT2D eigenvalue weighted by molar-refractivity contribution is 0.0947. The van der Waals surface area contributed by atoms with E-state index in [-0.39, 0.29) is 11.3 Å². The predicted octanol–water partition coefficient (Wildman–Crippen LogP) is 1.26. The van der Waals surface area contributed by atoms with Gasteiger partial charge in [-0.05, 0) is 44.0 Å². The van der Waals surface area contributed by atoms with Crippen LogP contribution < -0.4 is 10.6 Å². The molecule has 1 unspecified atom stereocenters. The van der Waals surface area contributed by atoms with E-state index in [9.17, 15) is 9.18 Å².